The maximum atomic E-state index is 12.4. The Balaban J connectivity index is 1.74. The number of ether oxygens (including phenoxy) is 1. The van der Waals surface area contributed by atoms with E-state index in [0.717, 1.165) is 25.9 Å². The van der Waals surface area contributed by atoms with Crippen molar-refractivity contribution in [2.24, 2.45) is 17.6 Å². The molecule has 1 amide bonds. The highest BCUT2D eigenvalue weighted by molar-refractivity contribution is 5.92. The smallest absolute Gasteiger partial charge is 0.274 e. The molecule has 6 heteroatoms. The van der Waals surface area contributed by atoms with Crippen LogP contribution in [0.1, 0.15) is 23.3 Å². The summed E-state index contributed by atoms with van der Waals surface area (Å²) in [5.74, 6) is 1.29. The first-order valence-electron chi connectivity index (χ1n) is 6.60. The molecule has 0 aromatic carbocycles. The van der Waals surface area contributed by atoms with Gasteiger partial charge in [-0.2, -0.15) is 0 Å². The van der Waals surface area contributed by atoms with Crippen LogP contribution in [-0.2, 0) is 0 Å². The van der Waals surface area contributed by atoms with Crippen molar-refractivity contribution in [2.45, 2.75) is 18.9 Å². The monoisotopic (exact) mass is 262 g/mol. The second-order valence-corrected chi connectivity index (χ2v) is 5.32. The molecule has 1 aromatic rings. The summed E-state index contributed by atoms with van der Waals surface area (Å²) in [5.41, 5.74) is 6.42. The molecule has 2 N–H and O–H groups in total. The Labute approximate surface area is 112 Å². The Bertz CT molecular complexity index is 493. The summed E-state index contributed by atoms with van der Waals surface area (Å²) in [7, 11) is 1.51. The fourth-order valence-corrected chi connectivity index (χ4v) is 3.18. The number of hydrogen-bond acceptors (Lipinski definition) is 5. The van der Waals surface area contributed by atoms with Gasteiger partial charge >= 0.3 is 0 Å². The maximum absolute atomic E-state index is 12.4. The van der Waals surface area contributed by atoms with Crippen molar-refractivity contribution < 1.29 is 9.53 Å². The van der Waals surface area contributed by atoms with Crippen LogP contribution < -0.4 is 10.5 Å². The van der Waals surface area contributed by atoms with E-state index in [2.05, 4.69) is 9.97 Å². The van der Waals surface area contributed by atoms with Crippen LogP contribution in [0.15, 0.2) is 12.4 Å². The summed E-state index contributed by atoms with van der Waals surface area (Å²) in [6, 6.07) is 0.235. The van der Waals surface area contributed by atoms with Gasteiger partial charge in [-0.1, -0.05) is 0 Å². The highest BCUT2D eigenvalue weighted by Crippen LogP contribution is 2.37. The lowest BCUT2D eigenvalue weighted by Crippen LogP contribution is -2.34. The average Bonchev–Trinajstić information content (AvgIpc) is 3.01. The molecule has 19 heavy (non-hydrogen) atoms. The van der Waals surface area contributed by atoms with Crippen molar-refractivity contribution in [3.05, 3.63) is 18.1 Å². The molecule has 1 aromatic heterocycles. The predicted molar refractivity (Wildman–Crippen MR) is 68.7 cm³/mol. The molecule has 3 rings (SSSR count). The lowest BCUT2D eigenvalue weighted by Gasteiger charge is -2.18. The third-order valence-electron chi connectivity index (χ3n) is 4.24. The van der Waals surface area contributed by atoms with Crippen LogP contribution in [0.2, 0.25) is 0 Å². The largest absolute Gasteiger partial charge is 0.480 e. The van der Waals surface area contributed by atoms with Gasteiger partial charge in [0.05, 0.1) is 19.5 Å². The molecule has 0 spiro atoms. The molecule has 6 nitrogen and oxygen atoms in total. The van der Waals surface area contributed by atoms with E-state index in [1.165, 1.54) is 19.5 Å². The Hall–Kier alpha value is -1.69. The number of rotatable bonds is 2. The summed E-state index contributed by atoms with van der Waals surface area (Å²) in [5, 5.41) is 0. The molecule has 1 saturated carbocycles. The molecule has 2 aliphatic rings. The van der Waals surface area contributed by atoms with Crippen LogP contribution in [0.3, 0.4) is 0 Å². The van der Waals surface area contributed by atoms with E-state index in [1.54, 1.807) is 0 Å². The van der Waals surface area contributed by atoms with Crippen molar-refractivity contribution in [3.8, 4) is 5.88 Å². The Morgan fingerprint density at radius 3 is 3.00 bits per heavy atom. The molecular weight excluding hydrogens is 244 g/mol. The number of aromatic nitrogens is 2. The van der Waals surface area contributed by atoms with Gasteiger partial charge in [-0.3, -0.25) is 9.78 Å². The van der Waals surface area contributed by atoms with Gasteiger partial charge in [-0.05, 0) is 24.7 Å². The number of carbonyl (C=O) groups excluding carboxylic acids is 1. The summed E-state index contributed by atoms with van der Waals surface area (Å²) in [4.78, 5) is 22.3. The van der Waals surface area contributed by atoms with Crippen LogP contribution in [0.4, 0.5) is 0 Å². The highest BCUT2D eigenvalue weighted by Gasteiger charge is 2.42. The molecule has 1 saturated heterocycles. The molecule has 0 radical (unpaired) electrons. The molecule has 102 valence electrons. The van der Waals surface area contributed by atoms with Crippen molar-refractivity contribution >= 4 is 5.91 Å². The number of nitrogens with zero attached hydrogens (tertiary/aromatic N) is 3. The van der Waals surface area contributed by atoms with E-state index in [-0.39, 0.29) is 11.9 Å². The van der Waals surface area contributed by atoms with Crippen molar-refractivity contribution in [1.29, 1.82) is 0 Å². The number of amides is 1. The molecular formula is C13H18N4O2. The van der Waals surface area contributed by atoms with Crippen molar-refractivity contribution in [1.82, 2.24) is 14.9 Å². The second-order valence-electron chi connectivity index (χ2n) is 5.32. The topological polar surface area (TPSA) is 81.3 Å². The van der Waals surface area contributed by atoms with Gasteiger partial charge in [-0.25, -0.2) is 4.98 Å². The molecule has 3 unspecified atom stereocenters. The molecule has 1 aliphatic carbocycles. The van der Waals surface area contributed by atoms with Crippen LogP contribution in [0.5, 0.6) is 5.88 Å². The molecule has 0 bridgehead atoms. The van der Waals surface area contributed by atoms with Crippen molar-refractivity contribution in [2.75, 3.05) is 20.2 Å². The van der Waals surface area contributed by atoms with E-state index in [9.17, 15) is 4.79 Å². The normalized spacial score (nSPS) is 29.4. The summed E-state index contributed by atoms with van der Waals surface area (Å²) >= 11 is 0. The Morgan fingerprint density at radius 1 is 1.42 bits per heavy atom. The van der Waals surface area contributed by atoms with E-state index >= 15 is 0 Å². The maximum Gasteiger partial charge on any atom is 0.274 e. The van der Waals surface area contributed by atoms with Gasteiger partial charge < -0.3 is 15.4 Å². The zero-order chi connectivity index (χ0) is 13.4. The summed E-state index contributed by atoms with van der Waals surface area (Å²) in [6.45, 7) is 1.53. The van der Waals surface area contributed by atoms with Crippen LogP contribution in [0, 0.1) is 11.8 Å². The highest BCUT2D eigenvalue weighted by atomic mass is 16.5. The van der Waals surface area contributed by atoms with Crippen LogP contribution in [0.25, 0.3) is 0 Å². The summed E-state index contributed by atoms with van der Waals surface area (Å²) in [6.07, 6.45) is 5.18. The Morgan fingerprint density at radius 2 is 2.26 bits per heavy atom. The quantitative estimate of drug-likeness (QED) is 0.828. The van der Waals surface area contributed by atoms with Crippen molar-refractivity contribution in [3.63, 3.8) is 0 Å². The number of methoxy groups -OCH3 is 1. The third-order valence-corrected chi connectivity index (χ3v) is 4.24. The lowest BCUT2D eigenvalue weighted by molar-refractivity contribution is 0.0772. The molecule has 1 aliphatic heterocycles. The van der Waals surface area contributed by atoms with Crippen LogP contribution in [-0.4, -0.2) is 47.0 Å². The lowest BCUT2D eigenvalue weighted by atomic mass is 9.98. The van der Waals surface area contributed by atoms with Gasteiger partial charge in [0.2, 0.25) is 5.88 Å². The zero-order valence-electron chi connectivity index (χ0n) is 11.0. The van der Waals surface area contributed by atoms with Gasteiger partial charge in [0, 0.05) is 19.1 Å². The molecule has 3 atom stereocenters. The fourth-order valence-electron chi connectivity index (χ4n) is 3.18. The Kier molecular flexibility index (Phi) is 3.10. The minimum absolute atomic E-state index is 0.0759. The van der Waals surface area contributed by atoms with Crippen LogP contribution >= 0.6 is 0 Å². The minimum Gasteiger partial charge on any atom is -0.480 e. The molecule has 2 fully saturated rings. The van der Waals surface area contributed by atoms with E-state index in [0.29, 0.717) is 23.4 Å². The predicted octanol–water partition coefficient (Wildman–Crippen LogP) is 0.294. The van der Waals surface area contributed by atoms with E-state index < -0.39 is 0 Å². The minimum atomic E-state index is -0.0759. The third kappa shape index (κ3) is 2.16. The van der Waals surface area contributed by atoms with Gasteiger partial charge in [0.15, 0.2) is 5.69 Å². The van der Waals surface area contributed by atoms with E-state index in [1.807, 2.05) is 4.90 Å². The first-order chi connectivity index (χ1) is 9.19. The zero-order valence-corrected chi connectivity index (χ0v) is 11.0. The summed E-state index contributed by atoms with van der Waals surface area (Å²) < 4.78 is 4.99. The number of hydrogen-bond donors (Lipinski definition) is 1. The fraction of sp³-hybridized carbons (Fsp3) is 0.615. The molecule has 2 heterocycles. The number of likely N-dealkylation sites (tertiary alicyclic amines) is 1. The first-order valence-corrected chi connectivity index (χ1v) is 6.60. The average molecular weight is 262 g/mol. The van der Waals surface area contributed by atoms with Gasteiger partial charge in [0.25, 0.3) is 5.91 Å². The van der Waals surface area contributed by atoms with Gasteiger partial charge in [-0.15, -0.1) is 0 Å². The number of carbonyl (C=O) groups is 1. The van der Waals surface area contributed by atoms with Gasteiger partial charge in [0.1, 0.15) is 0 Å². The number of fused-ring (bicyclic) bond motifs is 1. The van der Waals surface area contributed by atoms with E-state index in [4.69, 9.17) is 10.5 Å². The first kappa shape index (κ1) is 12.3. The standard InChI is InChI=1S/C13H18N4O2/c1-19-12-5-15-4-11(16-12)13(18)17-6-8-2-3-10(14)9(8)7-17/h4-5,8-10H,2-3,6-7,14H2,1H3. The SMILES string of the molecule is COc1cncc(C(=O)N2CC3CCC(N)C3C2)n1. The second kappa shape index (κ2) is 4.77. The number of nitrogens with two attached hydrogens (primary N) is 1.